The molecule has 2 heterocycles. The Kier molecular flexibility index (Phi) is 5.25. The van der Waals surface area contributed by atoms with E-state index in [2.05, 4.69) is 32.6 Å². The molecular weight excluding hydrogens is 268 g/mol. The van der Waals surface area contributed by atoms with Crippen molar-refractivity contribution in [2.75, 3.05) is 18.4 Å². The van der Waals surface area contributed by atoms with Gasteiger partial charge in [-0.3, -0.25) is 14.5 Å². The molecule has 0 saturated carbocycles. The topological polar surface area (TPSA) is 84.7 Å². The van der Waals surface area contributed by atoms with Crippen LogP contribution >= 0.6 is 0 Å². The van der Waals surface area contributed by atoms with Crippen LogP contribution in [0.15, 0.2) is 24.8 Å². The number of nitrogens with one attached hydrogen (secondary N) is 2. The van der Waals surface area contributed by atoms with Crippen LogP contribution in [0.4, 0.5) is 5.82 Å². The molecule has 7 heteroatoms. The van der Waals surface area contributed by atoms with Crippen molar-refractivity contribution in [1.29, 1.82) is 0 Å². The van der Waals surface area contributed by atoms with Crippen LogP contribution in [0.1, 0.15) is 29.4 Å². The maximum atomic E-state index is 12.0. The molecule has 0 saturated heterocycles. The summed E-state index contributed by atoms with van der Waals surface area (Å²) in [6.07, 6.45) is 7.78. The third-order valence-electron chi connectivity index (χ3n) is 2.81. The molecule has 0 spiro atoms. The van der Waals surface area contributed by atoms with E-state index in [1.54, 1.807) is 17.1 Å². The molecule has 0 aliphatic carbocycles. The molecule has 1 amide bonds. The summed E-state index contributed by atoms with van der Waals surface area (Å²) >= 11 is 0. The van der Waals surface area contributed by atoms with Crippen LogP contribution in [0.5, 0.6) is 0 Å². The second-order valence-electron chi connectivity index (χ2n) is 4.75. The maximum Gasteiger partial charge on any atom is 0.271 e. The molecule has 2 N–H and O–H groups in total. The van der Waals surface area contributed by atoms with Crippen LogP contribution in [-0.2, 0) is 6.54 Å². The molecule has 0 radical (unpaired) electrons. The van der Waals surface area contributed by atoms with Gasteiger partial charge in [0.15, 0.2) is 0 Å². The molecule has 0 aliphatic rings. The molecule has 2 rings (SSSR count). The number of amides is 1. The molecule has 0 fully saturated rings. The van der Waals surface area contributed by atoms with E-state index in [1.807, 2.05) is 13.1 Å². The van der Waals surface area contributed by atoms with Crippen molar-refractivity contribution in [1.82, 2.24) is 25.1 Å². The van der Waals surface area contributed by atoms with Gasteiger partial charge in [0.2, 0.25) is 0 Å². The number of carbonyl (C=O) groups is 1. The number of hydrogen-bond donors (Lipinski definition) is 2. The van der Waals surface area contributed by atoms with Crippen LogP contribution in [0.25, 0.3) is 0 Å². The second-order valence-corrected chi connectivity index (χ2v) is 4.75. The Morgan fingerprint density at radius 2 is 2.14 bits per heavy atom. The largest absolute Gasteiger partial charge is 0.369 e. The van der Waals surface area contributed by atoms with Gasteiger partial charge in [-0.1, -0.05) is 6.92 Å². The van der Waals surface area contributed by atoms with E-state index in [1.165, 1.54) is 6.20 Å². The lowest BCUT2D eigenvalue weighted by molar-refractivity contribution is 0.0946. The minimum Gasteiger partial charge on any atom is -0.369 e. The first-order valence-electron chi connectivity index (χ1n) is 7.02. The highest BCUT2D eigenvalue weighted by atomic mass is 16.1. The van der Waals surface area contributed by atoms with Gasteiger partial charge in [-0.2, -0.15) is 5.10 Å². The van der Waals surface area contributed by atoms with E-state index in [0.717, 1.165) is 18.5 Å². The molecule has 21 heavy (non-hydrogen) atoms. The number of rotatable bonds is 7. The molecule has 0 aliphatic heterocycles. The van der Waals surface area contributed by atoms with Crippen molar-refractivity contribution in [3.8, 4) is 0 Å². The average Bonchev–Trinajstić information content (AvgIpc) is 2.91. The van der Waals surface area contributed by atoms with E-state index in [0.29, 0.717) is 24.6 Å². The zero-order valence-electron chi connectivity index (χ0n) is 12.3. The van der Waals surface area contributed by atoms with Crippen molar-refractivity contribution in [2.24, 2.45) is 0 Å². The lowest BCUT2D eigenvalue weighted by Crippen LogP contribution is -2.28. The Morgan fingerprint density at radius 3 is 2.86 bits per heavy atom. The molecule has 0 aromatic carbocycles. The minimum atomic E-state index is -0.230. The number of anilines is 1. The summed E-state index contributed by atoms with van der Waals surface area (Å²) in [6, 6.07) is 0. The highest BCUT2D eigenvalue weighted by Crippen LogP contribution is 2.02. The Hall–Kier alpha value is -2.44. The van der Waals surface area contributed by atoms with Gasteiger partial charge >= 0.3 is 0 Å². The van der Waals surface area contributed by atoms with Crippen molar-refractivity contribution in [3.05, 3.63) is 36.0 Å². The monoisotopic (exact) mass is 288 g/mol. The Balaban J connectivity index is 1.85. The van der Waals surface area contributed by atoms with Gasteiger partial charge in [0, 0.05) is 19.3 Å². The predicted octanol–water partition coefficient (Wildman–Crippen LogP) is 1.23. The number of hydrogen-bond acceptors (Lipinski definition) is 5. The quantitative estimate of drug-likeness (QED) is 0.800. The first-order valence-corrected chi connectivity index (χ1v) is 7.02. The fourth-order valence-electron chi connectivity index (χ4n) is 1.78. The normalized spacial score (nSPS) is 10.4. The highest BCUT2D eigenvalue weighted by molar-refractivity contribution is 5.92. The minimum absolute atomic E-state index is 0.230. The summed E-state index contributed by atoms with van der Waals surface area (Å²) in [7, 11) is 0. The van der Waals surface area contributed by atoms with Crippen LogP contribution < -0.4 is 10.6 Å². The van der Waals surface area contributed by atoms with Crippen LogP contribution in [0.2, 0.25) is 0 Å². The first-order chi connectivity index (χ1) is 10.2. The molecule has 0 unspecified atom stereocenters. The first kappa shape index (κ1) is 15.0. The van der Waals surface area contributed by atoms with Gasteiger partial charge in [0.25, 0.3) is 5.91 Å². The van der Waals surface area contributed by atoms with E-state index >= 15 is 0 Å². The van der Waals surface area contributed by atoms with Gasteiger partial charge in [-0.05, 0) is 18.9 Å². The zero-order valence-corrected chi connectivity index (χ0v) is 12.3. The molecule has 2 aromatic heterocycles. The van der Waals surface area contributed by atoms with E-state index in [4.69, 9.17) is 0 Å². The molecule has 0 atom stereocenters. The van der Waals surface area contributed by atoms with Crippen LogP contribution in [-0.4, -0.2) is 38.7 Å². The average molecular weight is 288 g/mol. The summed E-state index contributed by atoms with van der Waals surface area (Å²) in [5.41, 5.74) is 1.41. The zero-order chi connectivity index (χ0) is 15.1. The van der Waals surface area contributed by atoms with E-state index in [-0.39, 0.29) is 5.91 Å². The molecule has 2 aromatic rings. The summed E-state index contributed by atoms with van der Waals surface area (Å²) in [5, 5.41) is 10.1. The van der Waals surface area contributed by atoms with Gasteiger partial charge in [-0.15, -0.1) is 0 Å². The van der Waals surface area contributed by atoms with Gasteiger partial charge in [-0.25, -0.2) is 4.98 Å². The standard InChI is InChI=1S/C14H20N6O/c1-3-4-16-13-9-15-8-12(19-13)14(21)17-5-6-20-10-11(2)7-18-20/h7-10H,3-6H2,1-2H3,(H,16,19)(H,17,21). The van der Waals surface area contributed by atoms with E-state index in [9.17, 15) is 4.79 Å². The fraction of sp³-hybridized carbons (Fsp3) is 0.429. The Labute approximate surface area is 123 Å². The van der Waals surface area contributed by atoms with Crippen molar-refractivity contribution in [2.45, 2.75) is 26.8 Å². The highest BCUT2D eigenvalue weighted by Gasteiger charge is 2.08. The molecular formula is C14H20N6O. The van der Waals surface area contributed by atoms with Crippen molar-refractivity contribution < 1.29 is 4.79 Å². The third kappa shape index (κ3) is 4.55. The van der Waals surface area contributed by atoms with Crippen molar-refractivity contribution in [3.63, 3.8) is 0 Å². The maximum absolute atomic E-state index is 12.0. The number of aryl methyl sites for hydroxylation is 1. The lowest BCUT2D eigenvalue weighted by Gasteiger charge is -2.07. The summed E-state index contributed by atoms with van der Waals surface area (Å²) in [5.74, 6) is 0.388. The Morgan fingerprint density at radius 1 is 1.29 bits per heavy atom. The summed E-state index contributed by atoms with van der Waals surface area (Å²) in [4.78, 5) is 20.3. The summed E-state index contributed by atoms with van der Waals surface area (Å²) < 4.78 is 1.79. The van der Waals surface area contributed by atoms with Crippen LogP contribution in [0.3, 0.4) is 0 Å². The second kappa shape index (κ2) is 7.37. The van der Waals surface area contributed by atoms with Crippen LogP contribution in [0, 0.1) is 6.92 Å². The molecule has 7 nitrogen and oxygen atoms in total. The smallest absolute Gasteiger partial charge is 0.271 e. The van der Waals surface area contributed by atoms with Crippen molar-refractivity contribution >= 4 is 11.7 Å². The number of carbonyl (C=O) groups excluding carboxylic acids is 1. The number of nitrogens with zero attached hydrogens (tertiary/aromatic N) is 4. The third-order valence-corrected chi connectivity index (χ3v) is 2.81. The molecule has 0 bridgehead atoms. The van der Waals surface area contributed by atoms with E-state index < -0.39 is 0 Å². The van der Waals surface area contributed by atoms with Gasteiger partial charge in [0.1, 0.15) is 11.5 Å². The number of aromatic nitrogens is 4. The Bertz CT molecular complexity index is 595. The van der Waals surface area contributed by atoms with Gasteiger partial charge in [0.05, 0.1) is 25.1 Å². The van der Waals surface area contributed by atoms with Gasteiger partial charge < -0.3 is 10.6 Å². The fourth-order valence-corrected chi connectivity index (χ4v) is 1.78. The predicted molar refractivity (Wildman–Crippen MR) is 80.1 cm³/mol. The summed E-state index contributed by atoms with van der Waals surface area (Å²) in [6.45, 7) is 5.97. The SMILES string of the molecule is CCCNc1cncc(C(=O)NCCn2cc(C)cn2)n1. The lowest BCUT2D eigenvalue weighted by atomic mass is 10.4. The molecule has 112 valence electrons.